The largest absolute Gasteiger partial charge is 0.354 e. The number of benzene rings is 3. The minimum Gasteiger partial charge on any atom is -0.354 e. The van der Waals surface area contributed by atoms with Crippen LogP contribution in [-0.4, -0.2) is 35.1 Å². The molecule has 7 heteroatoms. The summed E-state index contributed by atoms with van der Waals surface area (Å²) in [5, 5.41) is 3.56. The predicted molar refractivity (Wildman–Crippen MR) is 136 cm³/mol. The van der Waals surface area contributed by atoms with Crippen molar-refractivity contribution < 1.29 is 9.59 Å². The summed E-state index contributed by atoms with van der Waals surface area (Å²) in [4.78, 5) is 28.4. The number of hydrogen-bond donors (Lipinski definition) is 1. The van der Waals surface area contributed by atoms with Crippen LogP contribution in [-0.2, 0) is 11.2 Å². The van der Waals surface area contributed by atoms with Gasteiger partial charge in [-0.3, -0.25) is 9.59 Å². The Morgan fingerprint density at radius 3 is 2.42 bits per heavy atom. The highest BCUT2D eigenvalue weighted by molar-refractivity contribution is 7.99. The van der Waals surface area contributed by atoms with Crippen molar-refractivity contribution in [1.29, 1.82) is 0 Å². The number of halogens is 2. The van der Waals surface area contributed by atoms with Gasteiger partial charge in [-0.2, -0.15) is 0 Å². The molecule has 2 amide bonds. The fourth-order valence-electron chi connectivity index (χ4n) is 3.82. The molecular formula is C26H24Cl2N2O2S. The number of rotatable bonds is 6. The van der Waals surface area contributed by atoms with Crippen molar-refractivity contribution in [2.75, 3.05) is 12.3 Å². The van der Waals surface area contributed by atoms with E-state index in [9.17, 15) is 9.59 Å². The van der Waals surface area contributed by atoms with Gasteiger partial charge in [0, 0.05) is 17.9 Å². The van der Waals surface area contributed by atoms with Gasteiger partial charge in [0.1, 0.15) is 11.4 Å². The number of carbonyl (C=O) groups is 2. The number of thioether (sulfide) groups is 1. The van der Waals surface area contributed by atoms with Crippen LogP contribution in [0.3, 0.4) is 0 Å². The summed E-state index contributed by atoms with van der Waals surface area (Å²) in [7, 11) is 0. The first-order valence-electron chi connectivity index (χ1n) is 10.7. The van der Waals surface area contributed by atoms with Gasteiger partial charge in [-0.25, -0.2) is 0 Å². The molecule has 0 aromatic heterocycles. The van der Waals surface area contributed by atoms with Gasteiger partial charge in [0.25, 0.3) is 5.91 Å². The average molecular weight is 499 g/mol. The van der Waals surface area contributed by atoms with E-state index in [2.05, 4.69) is 5.32 Å². The Morgan fingerprint density at radius 2 is 1.73 bits per heavy atom. The Bertz CT molecular complexity index is 1140. The lowest BCUT2D eigenvalue weighted by Gasteiger charge is -2.29. The Balaban J connectivity index is 1.56. The van der Waals surface area contributed by atoms with Crippen LogP contribution in [0.1, 0.15) is 32.4 Å². The van der Waals surface area contributed by atoms with Gasteiger partial charge in [-0.1, -0.05) is 77.3 Å². The monoisotopic (exact) mass is 498 g/mol. The average Bonchev–Trinajstić information content (AvgIpc) is 3.27. The number of nitrogens with zero attached hydrogens (tertiary/aromatic N) is 1. The normalized spacial score (nSPS) is 17.7. The Kier molecular flexibility index (Phi) is 7.63. The van der Waals surface area contributed by atoms with Crippen molar-refractivity contribution >= 4 is 46.8 Å². The molecule has 1 N–H and O–H groups in total. The number of hydrogen-bond acceptors (Lipinski definition) is 3. The summed E-state index contributed by atoms with van der Waals surface area (Å²) in [5.41, 5.74) is 3.61. The highest BCUT2D eigenvalue weighted by atomic mass is 35.5. The summed E-state index contributed by atoms with van der Waals surface area (Å²) < 4.78 is 0. The van der Waals surface area contributed by atoms with E-state index in [1.54, 1.807) is 40.9 Å². The highest BCUT2D eigenvalue weighted by Crippen LogP contribution is 2.43. The van der Waals surface area contributed by atoms with Crippen molar-refractivity contribution in [2.45, 2.75) is 24.8 Å². The smallest absolute Gasteiger partial charge is 0.255 e. The lowest BCUT2D eigenvalue weighted by molar-refractivity contribution is -0.124. The molecule has 0 radical (unpaired) electrons. The summed E-state index contributed by atoms with van der Waals surface area (Å²) >= 11 is 13.9. The zero-order valence-electron chi connectivity index (χ0n) is 18.1. The van der Waals surface area contributed by atoms with Crippen LogP contribution in [0.25, 0.3) is 0 Å². The van der Waals surface area contributed by atoms with Gasteiger partial charge >= 0.3 is 0 Å². The Morgan fingerprint density at radius 1 is 1.00 bits per heavy atom. The summed E-state index contributed by atoms with van der Waals surface area (Å²) in [6.07, 6.45) is 0.731. The predicted octanol–water partition coefficient (Wildman–Crippen LogP) is 5.92. The number of amides is 2. The van der Waals surface area contributed by atoms with Gasteiger partial charge in [0.15, 0.2) is 0 Å². The maximum absolute atomic E-state index is 13.6. The van der Waals surface area contributed by atoms with E-state index in [0.29, 0.717) is 27.9 Å². The standard InChI is InChI=1S/C26H24Cl2N2O2S/c1-17-7-9-19(10-8-17)25(32)30-23(24(31)29-14-13-18-5-3-2-4-6-18)16-33-26(30)20-11-12-21(27)22(28)15-20/h2-12,15,23,26H,13-14,16H2,1H3,(H,29,31). The summed E-state index contributed by atoms with van der Waals surface area (Å²) in [6.45, 7) is 2.48. The maximum Gasteiger partial charge on any atom is 0.255 e. The molecule has 0 bridgehead atoms. The molecule has 3 aromatic rings. The first-order valence-corrected chi connectivity index (χ1v) is 12.5. The molecule has 0 spiro atoms. The quantitative estimate of drug-likeness (QED) is 0.458. The third kappa shape index (κ3) is 5.55. The van der Waals surface area contributed by atoms with E-state index >= 15 is 0 Å². The van der Waals surface area contributed by atoms with Crippen molar-refractivity contribution in [3.63, 3.8) is 0 Å². The zero-order chi connectivity index (χ0) is 23.4. The van der Waals surface area contributed by atoms with Gasteiger partial charge in [-0.05, 0) is 48.7 Å². The van der Waals surface area contributed by atoms with E-state index in [-0.39, 0.29) is 17.2 Å². The van der Waals surface area contributed by atoms with E-state index in [4.69, 9.17) is 23.2 Å². The SMILES string of the molecule is Cc1ccc(C(=O)N2C(C(=O)NCCc3ccccc3)CSC2c2ccc(Cl)c(Cl)c2)cc1. The molecule has 2 unspecified atom stereocenters. The molecule has 170 valence electrons. The van der Waals surface area contributed by atoms with Gasteiger partial charge < -0.3 is 10.2 Å². The summed E-state index contributed by atoms with van der Waals surface area (Å²) in [5.74, 6) is 0.167. The summed E-state index contributed by atoms with van der Waals surface area (Å²) in [6, 6.07) is 22.2. The fraction of sp³-hybridized carbons (Fsp3) is 0.231. The number of nitrogens with one attached hydrogen (secondary N) is 1. The zero-order valence-corrected chi connectivity index (χ0v) is 20.5. The van der Waals surface area contributed by atoms with E-state index in [1.807, 2.05) is 55.5 Å². The van der Waals surface area contributed by atoms with Crippen molar-refractivity contribution in [3.05, 3.63) is 105 Å². The highest BCUT2D eigenvalue weighted by Gasteiger charge is 2.42. The van der Waals surface area contributed by atoms with Gasteiger partial charge in [-0.15, -0.1) is 11.8 Å². The third-order valence-electron chi connectivity index (χ3n) is 5.62. The van der Waals surface area contributed by atoms with Crippen LogP contribution in [0.5, 0.6) is 0 Å². The molecule has 1 fully saturated rings. The fourth-order valence-corrected chi connectivity index (χ4v) is 5.54. The second kappa shape index (κ2) is 10.6. The second-order valence-electron chi connectivity index (χ2n) is 7.98. The lowest BCUT2D eigenvalue weighted by Crippen LogP contribution is -2.48. The van der Waals surface area contributed by atoms with Crippen LogP contribution in [0, 0.1) is 6.92 Å². The number of aryl methyl sites for hydroxylation is 1. The van der Waals surface area contributed by atoms with Crippen molar-refractivity contribution in [3.8, 4) is 0 Å². The first kappa shape index (κ1) is 23.7. The van der Waals surface area contributed by atoms with Crippen LogP contribution >= 0.6 is 35.0 Å². The second-order valence-corrected chi connectivity index (χ2v) is 9.91. The van der Waals surface area contributed by atoms with Crippen LogP contribution in [0.4, 0.5) is 0 Å². The minimum atomic E-state index is -0.584. The minimum absolute atomic E-state index is 0.151. The van der Waals surface area contributed by atoms with Crippen LogP contribution in [0.15, 0.2) is 72.8 Å². The van der Waals surface area contributed by atoms with E-state index in [0.717, 1.165) is 23.1 Å². The molecule has 33 heavy (non-hydrogen) atoms. The molecule has 3 aromatic carbocycles. The maximum atomic E-state index is 13.6. The molecule has 4 nitrogen and oxygen atoms in total. The molecule has 0 saturated carbocycles. The molecule has 1 aliphatic heterocycles. The molecule has 1 heterocycles. The van der Waals surface area contributed by atoms with E-state index in [1.165, 1.54) is 0 Å². The van der Waals surface area contributed by atoms with E-state index < -0.39 is 6.04 Å². The Labute approximate surface area is 208 Å². The van der Waals surface area contributed by atoms with Gasteiger partial charge in [0.05, 0.1) is 10.0 Å². The molecular weight excluding hydrogens is 475 g/mol. The van der Waals surface area contributed by atoms with Crippen molar-refractivity contribution in [1.82, 2.24) is 10.2 Å². The van der Waals surface area contributed by atoms with Gasteiger partial charge in [0.2, 0.25) is 5.91 Å². The number of carbonyl (C=O) groups excluding carboxylic acids is 2. The molecule has 0 aliphatic carbocycles. The Hall–Kier alpha value is -2.47. The molecule has 1 saturated heterocycles. The third-order valence-corrected chi connectivity index (χ3v) is 7.68. The molecule has 4 rings (SSSR count). The lowest BCUT2D eigenvalue weighted by atomic mass is 10.1. The topological polar surface area (TPSA) is 49.4 Å². The molecule has 2 atom stereocenters. The van der Waals surface area contributed by atoms with Crippen LogP contribution < -0.4 is 5.32 Å². The molecule has 1 aliphatic rings. The van der Waals surface area contributed by atoms with Crippen molar-refractivity contribution in [2.24, 2.45) is 0 Å². The first-order chi connectivity index (χ1) is 15.9. The van der Waals surface area contributed by atoms with Crippen LogP contribution in [0.2, 0.25) is 10.0 Å².